The molecule has 1 heterocycles. The summed E-state index contributed by atoms with van der Waals surface area (Å²) in [7, 11) is 0. The number of hydrogen-bond acceptors (Lipinski definition) is 12. The van der Waals surface area contributed by atoms with E-state index in [4.69, 9.17) is 29.5 Å². The van der Waals surface area contributed by atoms with E-state index in [2.05, 4.69) is 15.5 Å². The molecule has 6 aromatic carbocycles. The van der Waals surface area contributed by atoms with Gasteiger partial charge in [-0.05, 0) is 118 Å². The highest BCUT2D eigenvalue weighted by Crippen LogP contribution is 2.27. The number of rotatable bonds is 17. The predicted molar refractivity (Wildman–Crippen MR) is 237 cm³/mol. The van der Waals surface area contributed by atoms with E-state index in [0.717, 1.165) is 74.6 Å². The lowest BCUT2D eigenvalue weighted by Gasteiger charge is -2.14. The molecule has 1 aliphatic heterocycles. The summed E-state index contributed by atoms with van der Waals surface area (Å²) >= 11 is 0. The number of carbonyl (C=O) groups is 1. The molecule has 6 aromatic rings. The van der Waals surface area contributed by atoms with E-state index in [0.29, 0.717) is 26.1 Å². The van der Waals surface area contributed by atoms with E-state index in [9.17, 15) is 20.1 Å². The number of carbonyl (C=O) groups excluding carboxylic acids is 1. The molecule has 1 saturated heterocycles. The molecule has 0 bridgehead atoms. The average molecular weight is 849 g/mol. The Bertz CT molecular complexity index is 2200. The van der Waals surface area contributed by atoms with Crippen molar-refractivity contribution in [2.24, 2.45) is 0 Å². The third kappa shape index (κ3) is 16.4. The molecule has 12 nitrogen and oxygen atoms in total. The highest BCUT2D eigenvalue weighted by atomic mass is 16.8. The molecule has 0 aromatic heterocycles. The SMILES string of the molecule is C.O=C1OCCO1.OCCOc1ccc(Cc2ccc(OCCO)c(Cc3ccc(OCCO)cc3)c2)cc1.Oc1ccc(Cc2ccc(O)c(Cc3ccc(O)cc3)c2)cc1. The monoisotopic (exact) mass is 848 g/mol. The molecule has 0 amide bonds. The summed E-state index contributed by atoms with van der Waals surface area (Å²) in [4.78, 5) is 9.80. The molecule has 0 spiro atoms. The van der Waals surface area contributed by atoms with E-state index in [1.165, 1.54) is 0 Å². The number of cyclic esters (lactones) is 2. The van der Waals surface area contributed by atoms with Crippen molar-refractivity contribution in [1.29, 1.82) is 0 Å². The van der Waals surface area contributed by atoms with Crippen LogP contribution in [0.25, 0.3) is 0 Å². The van der Waals surface area contributed by atoms with Crippen molar-refractivity contribution in [3.63, 3.8) is 0 Å². The Labute approximate surface area is 362 Å². The topological polar surface area (TPSA) is 185 Å². The maximum atomic E-state index is 10.1. The first kappa shape index (κ1) is 47.9. The fourth-order valence-corrected chi connectivity index (χ4v) is 6.23. The van der Waals surface area contributed by atoms with Gasteiger partial charge in [-0.1, -0.05) is 80.2 Å². The molecule has 12 heteroatoms. The first-order valence-electron chi connectivity index (χ1n) is 19.9. The number of phenols is 3. The van der Waals surface area contributed by atoms with Crippen LogP contribution in [0.4, 0.5) is 4.79 Å². The summed E-state index contributed by atoms with van der Waals surface area (Å²) in [6.45, 7) is 1.57. The van der Waals surface area contributed by atoms with Gasteiger partial charge in [-0.15, -0.1) is 0 Å². The van der Waals surface area contributed by atoms with Gasteiger partial charge in [-0.3, -0.25) is 0 Å². The van der Waals surface area contributed by atoms with Crippen LogP contribution in [-0.2, 0) is 35.2 Å². The van der Waals surface area contributed by atoms with Gasteiger partial charge in [0.05, 0.1) is 19.8 Å². The molecule has 0 atom stereocenters. The molecule has 0 saturated carbocycles. The summed E-state index contributed by atoms with van der Waals surface area (Å²) in [5, 5.41) is 55.7. The van der Waals surface area contributed by atoms with Crippen molar-refractivity contribution < 1.29 is 59.1 Å². The van der Waals surface area contributed by atoms with E-state index in [-0.39, 0.29) is 64.3 Å². The fraction of sp³-hybridized carbons (Fsp3) is 0.260. The third-order valence-electron chi connectivity index (χ3n) is 9.19. The van der Waals surface area contributed by atoms with Crippen molar-refractivity contribution in [3.8, 4) is 34.5 Å². The van der Waals surface area contributed by atoms with Crippen LogP contribution < -0.4 is 14.2 Å². The Morgan fingerprint density at radius 1 is 0.435 bits per heavy atom. The molecule has 328 valence electrons. The Morgan fingerprint density at radius 2 is 0.806 bits per heavy atom. The second-order valence-corrected chi connectivity index (χ2v) is 13.9. The molecular formula is C50H56O12. The first-order valence-corrected chi connectivity index (χ1v) is 19.9. The third-order valence-corrected chi connectivity index (χ3v) is 9.19. The lowest BCUT2D eigenvalue weighted by Crippen LogP contribution is -2.05. The summed E-state index contributed by atoms with van der Waals surface area (Å²) in [5.41, 5.74) is 8.55. The zero-order valence-electron chi connectivity index (χ0n) is 33.8. The van der Waals surface area contributed by atoms with Crippen LogP contribution in [-0.4, -0.2) is 89.6 Å². The molecule has 7 rings (SSSR count). The number of aliphatic hydroxyl groups excluding tert-OH is 3. The van der Waals surface area contributed by atoms with Crippen molar-refractivity contribution in [3.05, 3.63) is 178 Å². The van der Waals surface area contributed by atoms with Crippen LogP contribution in [0.5, 0.6) is 34.5 Å². The van der Waals surface area contributed by atoms with Gasteiger partial charge in [0.2, 0.25) is 0 Å². The van der Waals surface area contributed by atoms with Crippen molar-refractivity contribution >= 4 is 6.16 Å². The predicted octanol–water partition coefficient (Wildman–Crippen LogP) is 7.76. The maximum Gasteiger partial charge on any atom is 0.508 e. The second-order valence-electron chi connectivity index (χ2n) is 13.9. The number of hydrogen-bond donors (Lipinski definition) is 6. The lowest BCUT2D eigenvalue weighted by atomic mass is 9.98. The van der Waals surface area contributed by atoms with Gasteiger partial charge in [0.25, 0.3) is 0 Å². The highest BCUT2D eigenvalue weighted by Gasteiger charge is 2.11. The fourth-order valence-electron chi connectivity index (χ4n) is 6.23. The van der Waals surface area contributed by atoms with Crippen LogP contribution >= 0.6 is 0 Å². The highest BCUT2D eigenvalue weighted by molar-refractivity contribution is 5.61. The average Bonchev–Trinajstić information content (AvgIpc) is 3.77. The summed E-state index contributed by atoms with van der Waals surface area (Å²) < 4.78 is 25.2. The van der Waals surface area contributed by atoms with Gasteiger partial charge in [-0.25, -0.2) is 4.79 Å². The number of aromatic hydroxyl groups is 3. The number of benzene rings is 6. The molecule has 1 fully saturated rings. The van der Waals surface area contributed by atoms with E-state index in [1.54, 1.807) is 30.3 Å². The van der Waals surface area contributed by atoms with Gasteiger partial charge >= 0.3 is 6.16 Å². The van der Waals surface area contributed by atoms with Crippen LogP contribution in [0.2, 0.25) is 0 Å². The number of aliphatic hydroxyl groups is 3. The Kier molecular flexibility index (Phi) is 19.9. The minimum atomic E-state index is -0.546. The lowest BCUT2D eigenvalue weighted by molar-refractivity contribution is 0.131. The van der Waals surface area contributed by atoms with Gasteiger partial charge in [0, 0.05) is 12.8 Å². The second kappa shape index (κ2) is 25.8. The summed E-state index contributed by atoms with van der Waals surface area (Å²) in [5.74, 6) is 2.98. The normalized spacial score (nSPS) is 11.4. The quantitative estimate of drug-likeness (QED) is 0.0492. The Balaban J connectivity index is 0.000000245. The smallest absolute Gasteiger partial charge is 0.508 e. The van der Waals surface area contributed by atoms with Crippen molar-refractivity contribution in [1.82, 2.24) is 0 Å². The Morgan fingerprint density at radius 3 is 1.24 bits per heavy atom. The summed E-state index contributed by atoms with van der Waals surface area (Å²) in [6, 6.07) is 41.5. The van der Waals surface area contributed by atoms with Crippen LogP contribution in [0.1, 0.15) is 51.9 Å². The van der Waals surface area contributed by atoms with Gasteiger partial charge < -0.3 is 54.3 Å². The standard InChI is InChI=1S/C26H30O6.C20H18O3.C3H4O3.CH4/c27-11-14-30-24-6-1-20(2-7-24)17-22-5-10-26(32-16-13-29)23(19-22)18-21-3-8-25(9-4-21)31-15-12-28;21-18-6-1-14(2-7-18)11-16-5-10-20(23)17(13-16)12-15-3-8-19(22)9-4-15;4-3-5-1-2-6-3;/h1-10,19,27-29H,11-18H2;1-10,13,21-23H,11-12H2;1-2H2;1H4. The molecule has 0 radical (unpaired) electrons. The molecule has 6 N–H and O–H groups in total. The molecule has 0 aliphatic carbocycles. The molecular weight excluding hydrogens is 793 g/mol. The van der Waals surface area contributed by atoms with Crippen LogP contribution in [0.3, 0.4) is 0 Å². The zero-order valence-corrected chi connectivity index (χ0v) is 33.8. The van der Waals surface area contributed by atoms with Gasteiger partial charge in [0.15, 0.2) is 0 Å². The Hall–Kier alpha value is -6.73. The molecule has 1 aliphatic rings. The first-order chi connectivity index (χ1) is 29.7. The van der Waals surface area contributed by atoms with Crippen LogP contribution in [0.15, 0.2) is 133 Å². The number of phenolic OH excluding ortho intramolecular Hbond substituents is 3. The minimum absolute atomic E-state index is 0. The van der Waals surface area contributed by atoms with Gasteiger partial charge in [-0.2, -0.15) is 0 Å². The van der Waals surface area contributed by atoms with E-state index in [1.807, 2.05) is 97.1 Å². The van der Waals surface area contributed by atoms with Crippen LogP contribution in [0, 0.1) is 0 Å². The van der Waals surface area contributed by atoms with Gasteiger partial charge in [0.1, 0.15) is 67.5 Å². The number of ether oxygens (including phenoxy) is 5. The van der Waals surface area contributed by atoms with E-state index < -0.39 is 6.16 Å². The van der Waals surface area contributed by atoms with Crippen molar-refractivity contribution in [2.75, 3.05) is 52.9 Å². The zero-order chi connectivity index (χ0) is 43.2. The minimum Gasteiger partial charge on any atom is -0.508 e. The largest absolute Gasteiger partial charge is 0.508 e. The van der Waals surface area contributed by atoms with E-state index >= 15 is 0 Å². The van der Waals surface area contributed by atoms with Crippen molar-refractivity contribution in [2.45, 2.75) is 33.1 Å². The maximum absolute atomic E-state index is 10.1. The summed E-state index contributed by atoms with van der Waals surface area (Å²) in [6.07, 6.45) is 2.25. The molecule has 62 heavy (non-hydrogen) atoms. The molecule has 0 unspecified atom stereocenters.